The molecule has 0 atom stereocenters. The third kappa shape index (κ3) is 4.83. The summed E-state index contributed by atoms with van der Waals surface area (Å²) in [5.41, 5.74) is 2.15. The van der Waals surface area contributed by atoms with E-state index in [1.54, 1.807) is 0 Å². The monoisotopic (exact) mass is 360 g/mol. The average molecular weight is 361 g/mol. The van der Waals surface area contributed by atoms with Crippen LogP contribution in [0.1, 0.15) is 24.1 Å². The van der Waals surface area contributed by atoms with Crippen molar-refractivity contribution >= 4 is 17.5 Å². The van der Waals surface area contributed by atoms with E-state index in [9.17, 15) is 4.79 Å². The van der Waals surface area contributed by atoms with Crippen LogP contribution in [0.2, 0.25) is 5.02 Å². The molecule has 134 valence electrons. The first kappa shape index (κ1) is 18.0. The number of hydrogen-bond donors (Lipinski definition) is 1. The topological polar surface area (TPSA) is 50.2 Å². The summed E-state index contributed by atoms with van der Waals surface area (Å²) in [5.74, 6) is 0.243. The second-order valence-corrected chi connectivity index (χ2v) is 7.03. The SMILES string of the molecule is Cc1ccnn1CCN1CCC(C(=O)NCc2ccccc2Cl)CC1. The van der Waals surface area contributed by atoms with E-state index >= 15 is 0 Å². The maximum atomic E-state index is 12.4. The van der Waals surface area contributed by atoms with Crippen molar-refractivity contribution in [3.8, 4) is 0 Å². The Hall–Kier alpha value is -1.85. The lowest BCUT2D eigenvalue weighted by Gasteiger charge is -2.31. The van der Waals surface area contributed by atoms with Crippen molar-refractivity contribution in [2.75, 3.05) is 19.6 Å². The van der Waals surface area contributed by atoms with Gasteiger partial charge < -0.3 is 10.2 Å². The van der Waals surface area contributed by atoms with Crippen molar-refractivity contribution in [3.63, 3.8) is 0 Å². The van der Waals surface area contributed by atoms with Gasteiger partial charge in [0.25, 0.3) is 0 Å². The zero-order valence-electron chi connectivity index (χ0n) is 14.6. The fourth-order valence-electron chi connectivity index (χ4n) is 3.26. The molecule has 1 saturated heterocycles. The van der Waals surface area contributed by atoms with Gasteiger partial charge in [0.15, 0.2) is 0 Å². The van der Waals surface area contributed by atoms with Crippen molar-refractivity contribution in [2.24, 2.45) is 5.92 Å². The number of nitrogens with zero attached hydrogens (tertiary/aromatic N) is 3. The predicted octanol–water partition coefficient (Wildman–Crippen LogP) is 2.87. The molecular formula is C19H25ClN4O. The summed E-state index contributed by atoms with van der Waals surface area (Å²) in [6.45, 7) is 6.38. The molecule has 1 amide bonds. The Kier molecular flexibility index (Phi) is 6.10. The molecule has 1 aliphatic heterocycles. The summed E-state index contributed by atoms with van der Waals surface area (Å²) >= 11 is 6.14. The molecule has 1 aliphatic rings. The van der Waals surface area contributed by atoms with E-state index in [2.05, 4.69) is 22.2 Å². The minimum atomic E-state index is 0.102. The van der Waals surface area contributed by atoms with E-state index < -0.39 is 0 Å². The Balaban J connectivity index is 1.40. The molecule has 0 unspecified atom stereocenters. The molecule has 5 nitrogen and oxygen atoms in total. The largest absolute Gasteiger partial charge is 0.352 e. The molecule has 0 aliphatic carbocycles. The van der Waals surface area contributed by atoms with Gasteiger partial charge in [-0.1, -0.05) is 29.8 Å². The number of halogens is 1. The zero-order chi connectivity index (χ0) is 17.6. The molecule has 6 heteroatoms. The number of carbonyl (C=O) groups excluding carboxylic acids is 1. The number of rotatable bonds is 6. The second kappa shape index (κ2) is 8.50. The number of nitrogens with one attached hydrogen (secondary N) is 1. The van der Waals surface area contributed by atoms with E-state index in [1.165, 1.54) is 5.69 Å². The number of carbonyl (C=O) groups is 1. The van der Waals surface area contributed by atoms with Gasteiger partial charge in [-0.05, 0) is 50.6 Å². The summed E-state index contributed by atoms with van der Waals surface area (Å²) in [6.07, 6.45) is 3.66. The Bertz CT molecular complexity index is 707. The van der Waals surface area contributed by atoms with Crippen LogP contribution < -0.4 is 5.32 Å². The minimum absolute atomic E-state index is 0.102. The number of likely N-dealkylation sites (tertiary alicyclic amines) is 1. The lowest BCUT2D eigenvalue weighted by molar-refractivity contribution is -0.126. The molecule has 1 N–H and O–H groups in total. The van der Waals surface area contributed by atoms with Gasteiger partial charge in [-0.25, -0.2) is 0 Å². The van der Waals surface area contributed by atoms with Crippen LogP contribution in [0.15, 0.2) is 36.5 Å². The Morgan fingerprint density at radius 3 is 2.68 bits per heavy atom. The maximum absolute atomic E-state index is 12.4. The van der Waals surface area contributed by atoms with Crippen LogP contribution in [0, 0.1) is 12.8 Å². The third-order valence-electron chi connectivity index (χ3n) is 4.93. The quantitative estimate of drug-likeness (QED) is 0.861. The predicted molar refractivity (Wildman–Crippen MR) is 99.4 cm³/mol. The molecule has 25 heavy (non-hydrogen) atoms. The first-order chi connectivity index (χ1) is 12.1. The number of aromatic nitrogens is 2. The lowest BCUT2D eigenvalue weighted by Crippen LogP contribution is -2.41. The van der Waals surface area contributed by atoms with Crippen LogP contribution in [0.5, 0.6) is 0 Å². The number of benzene rings is 1. The Labute approximate surface area is 154 Å². The van der Waals surface area contributed by atoms with E-state index in [0.717, 1.165) is 44.6 Å². The van der Waals surface area contributed by atoms with Crippen LogP contribution in [0.4, 0.5) is 0 Å². The van der Waals surface area contributed by atoms with Gasteiger partial charge in [-0.2, -0.15) is 5.10 Å². The molecule has 0 spiro atoms. The number of hydrogen-bond acceptors (Lipinski definition) is 3. The highest BCUT2D eigenvalue weighted by Gasteiger charge is 2.24. The maximum Gasteiger partial charge on any atom is 0.223 e. The van der Waals surface area contributed by atoms with Gasteiger partial charge >= 0.3 is 0 Å². The van der Waals surface area contributed by atoms with E-state index in [-0.39, 0.29) is 11.8 Å². The van der Waals surface area contributed by atoms with Gasteiger partial charge in [-0.15, -0.1) is 0 Å². The van der Waals surface area contributed by atoms with Gasteiger partial charge in [-0.3, -0.25) is 9.48 Å². The van der Waals surface area contributed by atoms with Gasteiger partial charge in [0.1, 0.15) is 0 Å². The van der Waals surface area contributed by atoms with E-state index in [0.29, 0.717) is 11.6 Å². The summed E-state index contributed by atoms with van der Waals surface area (Å²) in [4.78, 5) is 14.8. The van der Waals surface area contributed by atoms with Crippen molar-refractivity contribution in [1.82, 2.24) is 20.0 Å². The fourth-order valence-corrected chi connectivity index (χ4v) is 3.46. The summed E-state index contributed by atoms with van der Waals surface area (Å²) < 4.78 is 2.03. The lowest BCUT2D eigenvalue weighted by atomic mass is 9.96. The van der Waals surface area contributed by atoms with Crippen LogP contribution in [-0.2, 0) is 17.9 Å². The van der Waals surface area contributed by atoms with Crippen LogP contribution in [0.3, 0.4) is 0 Å². The highest BCUT2D eigenvalue weighted by Crippen LogP contribution is 2.19. The molecule has 2 aromatic rings. The smallest absolute Gasteiger partial charge is 0.223 e. The molecular weight excluding hydrogens is 336 g/mol. The average Bonchev–Trinajstić information content (AvgIpc) is 3.04. The number of aryl methyl sites for hydroxylation is 1. The first-order valence-electron chi connectivity index (χ1n) is 8.85. The highest BCUT2D eigenvalue weighted by atomic mass is 35.5. The first-order valence-corrected chi connectivity index (χ1v) is 9.23. The highest BCUT2D eigenvalue weighted by molar-refractivity contribution is 6.31. The third-order valence-corrected chi connectivity index (χ3v) is 5.29. The zero-order valence-corrected chi connectivity index (χ0v) is 15.4. The van der Waals surface area contributed by atoms with Crippen LogP contribution in [0.25, 0.3) is 0 Å². The van der Waals surface area contributed by atoms with Crippen molar-refractivity contribution in [3.05, 3.63) is 52.8 Å². The summed E-state index contributed by atoms with van der Waals surface area (Å²) in [6, 6.07) is 9.65. The molecule has 0 saturated carbocycles. The molecule has 1 aromatic carbocycles. The molecule has 2 heterocycles. The molecule has 0 radical (unpaired) electrons. The Morgan fingerprint density at radius 2 is 2.00 bits per heavy atom. The van der Waals surface area contributed by atoms with Crippen LogP contribution >= 0.6 is 11.6 Å². The van der Waals surface area contributed by atoms with Gasteiger partial charge in [0, 0.05) is 35.9 Å². The van der Waals surface area contributed by atoms with E-state index in [1.807, 2.05) is 41.2 Å². The Morgan fingerprint density at radius 1 is 1.24 bits per heavy atom. The summed E-state index contributed by atoms with van der Waals surface area (Å²) in [7, 11) is 0. The van der Waals surface area contributed by atoms with Crippen molar-refractivity contribution in [1.29, 1.82) is 0 Å². The van der Waals surface area contributed by atoms with Crippen LogP contribution in [-0.4, -0.2) is 40.2 Å². The number of amides is 1. The van der Waals surface area contributed by atoms with Gasteiger partial charge in [0.2, 0.25) is 5.91 Å². The van der Waals surface area contributed by atoms with Crippen molar-refractivity contribution < 1.29 is 4.79 Å². The molecule has 0 bridgehead atoms. The molecule has 3 rings (SSSR count). The standard InChI is InChI=1S/C19H25ClN4O/c1-15-6-9-22-24(15)13-12-23-10-7-16(8-11-23)19(25)21-14-17-4-2-3-5-18(17)20/h2-6,9,16H,7-8,10-14H2,1H3,(H,21,25). The molecule has 1 aromatic heterocycles. The van der Waals surface area contributed by atoms with Crippen molar-refractivity contribution in [2.45, 2.75) is 32.9 Å². The summed E-state index contributed by atoms with van der Waals surface area (Å²) in [5, 5.41) is 8.05. The molecule has 1 fully saturated rings. The number of piperidine rings is 1. The minimum Gasteiger partial charge on any atom is -0.352 e. The fraction of sp³-hybridized carbons (Fsp3) is 0.474. The second-order valence-electron chi connectivity index (χ2n) is 6.62. The van der Waals surface area contributed by atoms with E-state index in [4.69, 9.17) is 11.6 Å². The van der Waals surface area contributed by atoms with Gasteiger partial charge in [0.05, 0.1) is 6.54 Å². The normalized spacial score (nSPS) is 16.1.